The first-order valence-electron chi connectivity index (χ1n) is 8.02. The summed E-state index contributed by atoms with van der Waals surface area (Å²) in [6.07, 6.45) is 0. The Hall–Kier alpha value is -2.57. The number of carbonyl (C=O) groups excluding carboxylic acids is 3. The maximum absolute atomic E-state index is 12.0. The van der Waals surface area contributed by atoms with Gasteiger partial charge >= 0.3 is 5.97 Å². The maximum atomic E-state index is 12.0. The summed E-state index contributed by atoms with van der Waals surface area (Å²) in [5, 5.41) is 5.57. The zero-order valence-electron chi connectivity index (χ0n) is 14.8. The van der Waals surface area contributed by atoms with Gasteiger partial charge in [0.25, 0.3) is 11.8 Å². The molecule has 0 atom stereocenters. The molecular weight excluding hydrogens is 391 g/mol. The summed E-state index contributed by atoms with van der Waals surface area (Å²) in [6.45, 7) is 3.05. The van der Waals surface area contributed by atoms with Crippen LogP contribution in [0.1, 0.15) is 21.5 Å². The van der Waals surface area contributed by atoms with Gasteiger partial charge in [-0.1, -0.05) is 29.3 Å². The second-order valence-corrected chi connectivity index (χ2v) is 6.66. The zero-order valence-corrected chi connectivity index (χ0v) is 16.3. The zero-order chi connectivity index (χ0) is 20.0. The van der Waals surface area contributed by atoms with Crippen LogP contribution in [0.3, 0.4) is 0 Å². The number of ether oxygens (including phenoxy) is 1. The molecule has 0 aliphatic heterocycles. The fraction of sp³-hybridized carbons (Fsp3) is 0.211. The number of anilines is 1. The Kier molecular flexibility index (Phi) is 7.21. The Morgan fingerprint density at radius 3 is 2.41 bits per heavy atom. The van der Waals surface area contributed by atoms with E-state index in [2.05, 4.69) is 10.6 Å². The highest BCUT2D eigenvalue weighted by molar-refractivity contribution is 6.36. The number of hydrogen-bond donors (Lipinski definition) is 2. The summed E-state index contributed by atoms with van der Waals surface area (Å²) >= 11 is 11.7. The third-order valence-corrected chi connectivity index (χ3v) is 4.27. The van der Waals surface area contributed by atoms with Crippen molar-refractivity contribution in [2.24, 2.45) is 0 Å². The van der Waals surface area contributed by atoms with Crippen LogP contribution < -0.4 is 10.6 Å². The number of rotatable bonds is 6. The van der Waals surface area contributed by atoms with E-state index in [1.165, 1.54) is 18.2 Å². The third-order valence-electron chi connectivity index (χ3n) is 3.72. The monoisotopic (exact) mass is 408 g/mol. The van der Waals surface area contributed by atoms with Crippen molar-refractivity contribution in [1.82, 2.24) is 5.32 Å². The predicted molar refractivity (Wildman–Crippen MR) is 104 cm³/mol. The van der Waals surface area contributed by atoms with Crippen molar-refractivity contribution in [3.05, 3.63) is 63.1 Å². The molecule has 0 aliphatic carbocycles. The summed E-state index contributed by atoms with van der Waals surface area (Å²) in [5.41, 5.74) is 2.94. The van der Waals surface area contributed by atoms with E-state index in [0.717, 1.165) is 11.1 Å². The number of carbonyl (C=O) groups is 3. The van der Waals surface area contributed by atoms with Crippen molar-refractivity contribution in [2.45, 2.75) is 13.8 Å². The summed E-state index contributed by atoms with van der Waals surface area (Å²) < 4.78 is 4.85. The molecule has 2 N–H and O–H groups in total. The highest BCUT2D eigenvalue weighted by Crippen LogP contribution is 2.20. The lowest BCUT2D eigenvalue weighted by Gasteiger charge is -2.09. The van der Waals surface area contributed by atoms with Crippen LogP contribution in [0.2, 0.25) is 10.0 Å². The van der Waals surface area contributed by atoms with E-state index in [0.29, 0.717) is 10.7 Å². The van der Waals surface area contributed by atoms with Crippen LogP contribution in [-0.4, -0.2) is 30.9 Å². The molecule has 142 valence electrons. The number of nitrogens with one attached hydrogen (secondary N) is 2. The van der Waals surface area contributed by atoms with Gasteiger partial charge in [-0.3, -0.25) is 14.4 Å². The Morgan fingerprint density at radius 1 is 1.00 bits per heavy atom. The fourth-order valence-electron chi connectivity index (χ4n) is 2.13. The minimum absolute atomic E-state index is 0.168. The van der Waals surface area contributed by atoms with Gasteiger partial charge in [0.1, 0.15) is 6.54 Å². The van der Waals surface area contributed by atoms with Gasteiger partial charge in [0.2, 0.25) is 0 Å². The second-order valence-electron chi connectivity index (χ2n) is 5.81. The van der Waals surface area contributed by atoms with E-state index in [1.807, 2.05) is 26.0 Å². The lowest BCUT2D eigenvalue weighted by Crippen LogP contribution is -2.32. The first kappa shape index (κ1) is 20.7. The predicted octanol–water partition coefficient (Wildman–Crippen LogP) is 3.52. The molecule has 2 aromatic rings. The molecule has 2 amide bonds. The SMILES string of the molecule is Cc1ccc(NC(=O)COC(=O)CNC(=O)c2ccc(Cl)cc2Cl)cc1C. The smallest absolute Gasteiger partial charge is 0.325 e. The van der Waals surface area contributed by atoms with Crippen molar-refractivity contribution in [3.63, 3.8) is 0 Å². The molecule has 0 spiro atoms. The Bertz CT molecular complexity index is 884. The molecule has 0 bridgehead atoms. The standard InChI is InChI=1S/C19H18Cl2N2O4/c1-11-3-5-14(7-12(11)2)23-17(24)10-27-18(25)9-22-19(26)15-6-4-13(20)8-16(15)21/h3-8H,9-10H2,1-2H3,(H,22,26)(H,23,24). The van der Waals surface area contributed by atoms with Crippen LogP contribution in [0.4, 0.5) is 5.69 Å². The molecule has 2 aromatic carbocycles. The molecular formula is C19H18Cl2N2O4. The number of hydrogen-bond acceptors (Lipinski definition) is 4. The van der Waals surface area contributed by atoms with E-state index >= 15 is 0 Å². The van der Waals surface area contributed by atoms with Crippen LogP contribution in [0.25, 0.3) is 0 Å². The van der Waals surface area contributed by atoms with Gasteiger partial charge in [0.15, 0.2) is 6.61 Å². The normalized spacial score (nSPS) is 10.2. The average molecular weight is 409 g/mol. The average Bonchev–Trinajstić information content (AvgIpc) is 2.61. The first-order valence-corrected chi connectivity index (χ1v) is 8.78. The van der Waals surface area contributed by atoms with Gasteiger partial charge in [-0.25, -0.2) is 0 Å². The minimum atomic E-state index is -0.747. The largest absolute Gasteiger partial charge is 0.454 e. The van der Waals surface area contributed by atoms with E-state index in [-0.39, 0.29) is 10.6 Å². The highest BCUT2D eigenvalue weighted by Gasteiger charge is 2.13. The molecule has 0 radical (unpaired) electrons. The van der Waals surface area contributed by atoms with Crippen LogP contribution in [-0.2, 0) is 14.3 Å². The van der Waals surface area contributed by atoms with Crippen LogP contribution in [0.5, 0.6) is 0 Å². The van der Waals surface area contributed by atoms with Crippen molar-refractivity contribution < 1.29 is 19.1 Å². The third kappa shape index (κ3) is 6.27. The van der Waals surface area contributed by atoms with Crippen LogP contribution >= 0.6 is 23.2 Å². The minimum Gasteiger partial charge on any atom is -0.454 e. The molecule has 0 unspecified atom stereocenters. The number of esters is 1. The second kappa shape index (κ2) is 9.39. The maximum Gasteiger partial charge on any atom is 0.325 e. The summed E-state index contributed by atoms with van der Waals surface area (Å²) in [7, 11) is 0. The lowest BCUT2D eigenvalue weighted by atomic mass is 10.1. The van der Waals surface area contributed by atoms with Gasteiger partial charge in [0, 0.05) is 10.7 Å². The van der Waals surface area contributed by atoms with Crippen LogP contribution in [0, 0.1) is 13.8 Å². The summed E-state index contributed by atoms with van der Waals surface area (Å²) in [6, 6.07) is 9.85. The molecule has 0 aromatic heterocycles. The fourth-order valence-corrected chi connectivity index (χ4v) is 2.63. The highest BCUT2D eigenvalue weighted by atomic mass is 35.5. The van der Waals surface area contributed by atoms with Crippen LogP contribution in [0.15, 0.2) is 36.4 Å². The molecule has 8 heteroatoms. The van der Waals surface area contributed by atoms with E-state index in [9.17, 15) is 14.4 Å². The van der Waals surface area contributed by atoms with Crippen molar-refractivity contribution in [2.75, 3.05) is 18.5 Å². The van der Waals surface area contributed by atoms with Gasteiger partial charge in [0.05, 0.1) is 10.6 Å². The first-order chi connectivity index (χ1) is 12.8. The Labute approximate surface area is 166 Å². The molecule has 6 nitrogen and oxygen atoms in total. The van der Waals surface area contributed by atoms with E-state index in [1.54, 1.807) is 6.07 Å². The van der Waals surface area contributed by atoms with Crippen molar-refractivity contribution >= 4 is 46.7 Å². The van der Waals surface area contributed by atoms with Gasteiger partial charge in [-0.15, -0.1) is 0 Å². The molecule has 0 heterocycles. The van der Waals surface area contributed by atoms with E-state index in [4.69, 9.17) is 27.9 Å². The number of benzene rings is 2. The Morgan fingerprint density at radius 2 is 1.74 bits per heavy atom. The molecule has 2 rings (SSSR count). The molecule has 0 saturated heterocycles. The molecule has 27 heavy (non-hydrogen) atoms. The molecule has 0 aliphatic rings. The van der Waals surface area contributed by atoms with Gasteiger partial charge in [-0.2, -0.15) is 0 Å². The topological polar surface area (TPSA) is 84.5 Å². The molecule has 0 saturated carbocycles. The van der Waals surface area contributed by atoms with Gasteiger partial charge in [-0.05, 0) is 55.3 Å². The number of aryl methyl sites for hydroxylation is 2. The van der Waals surface area contributed by atoms with Gasteiger partial charge < -0.3 is 15.4 Å². The van der Waals surface area contributed by atoms with E-state index < -0.39 is 30.9 Å². The van der Waals surface area contributed by atoms with Crippen molar-refractivity contribution in [1.29, 1.82) is 0 Å². The number of halogens is 2. The quantitative estimate of drug-likeness (QED) is 0.716. The van der Waals surface area contributed by atoms with Crippen molar-refractivity contribution in [3.8, 4) is 0 Å². The summed E-state index contributed by atoms with van der Waals surface area (Å²) in [4.78, 5) is 35.5. The summed E-state index contributed by atoms with van der Waals surface area (Å²) in [5.74, 6) is -1.77. The number of amides is 2. The lowest BCUT2D eigenvalue weighted by molar-refractivity contribution is -0.146. The Balaban J connectivity index is 1.77. The molecule has 0 fully saturated rings.